The molecule has 7 heteroatoms. The van der Waals surface area contributed by atoms with Gasteiger partial charge in [0.15, 0.2) is 0 Å². The van der Waals surface area contributed by atoms with Crippen molar-refractivity contribution in [1.82, 2.24) is 4.72 Å². The molecule has 0 aliphatic rings. The Balaban J connectivity index is 3.11. The van der Waals surface area contributed by atoms with Crippen LogP contribution in [0.5, 0.6) is 0 Å². The van der Waals surface area contributed by atoms with Crippen LogP contribution in [0.1, 0.15) is 18.1 Å². The average molecular weight is 308 g/mol. The molecule has 5 nitrogen and oxygen atoms in total. The monoisotopic (exact) mass is 307 g/mol. The zero-order valence-corrected chi connectivity index (χ0v) is 12.7. The lowest BCUT2D eigenvalue weighted by atomic mass is 10.1. The van der Waals surface area contributed by atoms with Gasteiger partial charge in [0.2, 0.25) is 10.0 Å². The molecular weight excluding hydrogens is 290 g/mol. The van der Waals surface area contributed by atoms with Crippen molar-refractivity contribution in [2.75, 3.05) is 13.7 Å². The molecule has 0 saturated heterocycles. The second kappa shape index (κ2) is 6.67. The number of halogens is 1. The molecule has 108 valence electrons. The third-order valence-corrected chi connectivity index (χ3v) is 4.62. The molecule has 1 rings (SSSR count). The molecule has 0 aliphatic carbocycles. The van der Waals surface area contributed by atoms with Crippen molar-refractivity contribution in [3.05, 3.63) is 28.3 Å². The summed E-state index contributed by atoms with van der Waals surface area (Å²) in [7, 11) is -2.17. The summed E-state index contributed by atoms with van der Waals surface area (Å²) < 4.78 is 31.8. The maximum atomic E-state index is 12.2. The highest BCUT2D eigenvalue weighted by Crippen LogP contribution is 2.24. The third-order valence-electron chi connectivity index (χ3n) is 2.86. The van der Waals surface area contributed by atoms with E-state index >= 15 is 0 Å². The predicted molar refractivity (Wildman–Crippen MR) is 73.8 cm³/mol. The molecule has 0 fully saturated rings. The lowest BCUT2D eigenvalue weighted by Gasteiger charge is -2.14. The zero-order valence-electron chi connectivity index (χ0n) is 11.1. The van der Waals surface area contributed by atoms with Crippen molar-refractivity contribution in [3.8, 4) is 0 Å². The summed E-state index contributed by atoms with van der Waals surface area (Å²) in [5.41, 5.74) is 0.983. The predicted octanol–water partition coefficient (Wildman–Crippen LogP) is 1.45. The zero-order chi connectivity index (χ0) is 14.6. The molecule has 0 saturated carbocycles. The van der Waals surface area contributed by atoms with Crippen LogP contribution >= 0.6 is 11.6 Å². The number of rotatable bonds is 6. The van der Waals surface area contributed by atoms with Crippen LogP contribution in [0.25, 0.3) is 0 Å². The van der Waals surface area contributed by atoms with Crippen LogP contribution in [-0.2, 0) is 21.4 Å². The molecule has 1 aromatic carbocycles. The molecule has 0 amide bonds. The Bertz CT molecular complexity index is 545. The summed E-state index contributed by atoms with van der Waals surface area (Å²) in [6.45, 7) is 3.30. The van der Waals surface area contributed by atoms with Gasteiger partial charge in [-0.15, -0.1) is 0 Å². The number of sulfonamides is 1. The van der Waals surface area contributed by atoms with Gasteiger partial charge in [-0.2, -0.15) is 0 Å². The fourth-order valence-electron chi connectivity index (χ4n) is 1.54. The second-order valence-electron chi connectivity index (χ2n) is 4.24. The Hall–Kier alpha value is -0.660. The van der Waals surface area contributed by atoms with E-state index < -0.39 is 10.0 Å². The van der Waals surface area contributed by atoms with Crippen LogP contribution in [0, 0.1) is 6.92 Å². The Labute approximate surface area is 118 Å². The first-order chi connectivity index (χ1) is 8.81. The van der Waals surface area contributed by atoms with Gasteiger partial charge in [0.1, 0.15) is 0 Å². The molecule has 1 unspecified atom stereocenters. The van der Waals surface area contributed by atoms with Crippen molar-refractivity contribution in [2.45, 2.75) is 31.5 Å². The fourth-order valence-corrected chi connectivity index (χ4v) is 3.27. The van der Waals surface area contributed by atoms with Crippen LogP contribution in [-0.4, -0.2) is 33.3 Å². The van der Waals surface area contributed by atoms with Gasteiger partial charge >= 0.3 is 0 Å². The van der Waals surface area contributed by atoms with E-state index in [2.05, 4.69) is 4.72 Å². The number of hydrogen-bond acceptors (Lipinski definition) is 4. The van der Waals surface area contributed by atoms with E-state index in [0.29, 0.717) is 11.1 Å². The van der Waals surface area contributed by atoms with Gasteiger partial charge in [0, 0.05) is 18.7 Å². The van der Waals surface area contributed by atoms with E-state index in [-0.39, 0.29) is 29.2 Å². The van der Waals surface area contributed by atoms with E-state index in [9.17, 15) is 13.5 Å². The second-order valence-corrected chi connectivity index (χ2v) is 6.42. The molecule has 2 N–H and O–H groups in total. The molecule has 1 aromatic rings. The number of benzene rings is 1. The van der Waals surface area contributed by atoms with Crippen molar-refractivity contribution >= 4 is 21.6 Å². The van der Waals surface area contributed by atoms with Crippen molar-refractivity contribution < 1.29 is 18.3 Å². The van der Waals surface area contributed by atoms with Crippen LogP contribution in [0.2, 0.25) is 5.02 Å². The highest BCUT2D eigenvalue weighted by Gasteiger charge is 2.20. The smallest absolute Gasteiger partial charge is 0.240 e. The average Bonchev–Trinajstić information content (AvgIpc) is 2.38. The van der Waals surface area contributed by atoms with Crippen molar-refractivity contribution in [3.63, 3.8) is 0 Å². The normalized spacial score (nSPS) is 13.5. The first kappa shape index (κ1) is 16.4. The van der Waals surface area contributed by atoms with Gasteiger partial charge in [-0.05, 0) is 37.1 Å². The topological polar surface area (TPSA) is 75.6 Å². The molecule has 0 aromatic heterocycles. The quantitative estimate of drug-likeness (QED) is 0.834. The Morgan fingerprint density at radius 3 is 2.63 bits per heavy atom. The van der Waals surface area contributed by atoms with Crippen molar-refractivity contribution in [2.24, 2.45) is 0 Å². The van der Waals surface area contributed by atoms with E-state index in [1.54, 1.807) is 19.9 Å². The SMILES string of the molecule is COC(C)CNS(=O)(=O)c1cc(Cl)cc(CO)c1C. The summed E-state index contributed by atoms with van der Waals surface area (Å²) in [6, 6.07) is 2.92. The van der Waals surface area contributed by atoms with E-state index in [0.717, 1.165) is 0 Å². The number of hydrogen-bond donors (Lipinski definition) is 2. The number of methoxy groups -OCH3 is 1. The summed E-state index contributed by atoms with van der Waals surface area (Å²) in [5.74, 6) is 0. The maximum absolute atomic E-state index is 12.2. The molecule has 1 atom stereocenters. The molecule has 0 radical (unpaired) electrons. The molecule has 0 spiro atoms. The number of aliphatic hydroxyl groups is 1. The number of ether oxygens (including phenoxy) is 1. The van der Waals surface area contributed by atoms with Crippen molar-refractivity contribution in [1.29, 1.82) is 0 Å². The third kappa shape index (κ3) is 4.15. The Morgan fingerprint density at radius 2 is 2.11 bits per heavy atom. The number of aliphatic hydroxyl groups excluding tert-OH is 1. The molecule has 0 aliphatic heterocycles. The van der Waals surface area contributed by atoms with Crippen LogP contribution < -0.4 is 4.72 Å². The largest absolute Gasteiger partial charge is 0.392 e. The maximum Gasteiger partial charge on any atom is 0.240 e. The first-order valence-corrected chi connectivity index (χ1v) is 7.60. The first-order valence-electron chi connectivity index (χ1n) is 5.74. The lowest BCUT2D eigenvalue weighted by molar-refractivity contribution is 0.122. The Morgan fingerprint density at radius 1 is 1.47 bits per heavy atom. The number of nitrogens with one attached hydrogen (secondary N) is 1. The highest BCUT2D eigenvalue weighted by molar-refractivity contribution is 7.89. The Kier molecular flexibility index (Phi) is 5.76. The minimum Gasteiger partial charge on any atom is -0.392 e. The van der Waals surface area contributed by atoms with Gasteiger partial charge in [-0.3, -0.25) is 0 Å². The molecule has 0 heterocycles. The summed E-state index contributed by atoms with van der Waals surface area (Å²) in [6.07, 6.45) is -0.230. The minimum absolute atomic E-state index is 0.0763. The summed E-state index contributed by atoms with van der Waals surface area (Å²) >= 11 is 5.87. The standard InChI is InChI=1S/C12H18ClNO4S/c1-8(18-3)6-14-19(16,17)12-5-11(13)4-10(7-15)9(12)2/h4-5,8,14-15H,6-7H2,1-3H3. The van der Waals surface area contributed by atoms with Gasteiger partial charge in [0.05, 0.1) is 17.6 Å². The van der Waals surface area contributed by atoms with Gasteiger partial charge in [-0.1, -0.05) is 11.6 Å². The van der Waals surface area contributed by atoms with Gasteiger partial charge in [0.25, 0.3) is 0 Å². The highest BCUT2D eigenvalue weighted by atomic mass is 35.5. The fraction of sp³-hybridized carbons (Fsp3) is 0.500. The molecular formula is C12H18ClNO4S. The minimum atomic E-state index is -3.68. The van der Waals surface area contributed by atoms with Crippen LogP contribution in [0.15, 0.2) is 17.0 Å². The van der Waals surface area contributed by atoms with Crippen LogP contribution in [0.3, 0.4) is 0 Å². The molecule has 19 heavy (non-hydrogen) atoms. The van der Waals surface area contributed by atoms with E-state index in [1.165, 1.54) is 13.2 Å². The molecule has 0 bridgehead atoms. The van der Waals surface area contributed by atoms with Gasteiger partial charge in [-0.25, -0.2) is 13.1 Å². The van der Waals surface area contributed by atoms with Gasteiger partial charge < -0.3 is 9.84 Å². The van der Waals surface area contributed by atoms with Crippen LogP contribution in [0.4, 0.5) is 0 Å². The lowest BCUT2D eigenvalue weighted by Crippen LogP contribution is -2.32. The van der Waals surface area contributed by atoms with E-state index in [1.807, 2.05) is 0 Å². The van der Waals surface area contributed by atoms with E-state index in [4.69, 9.17) is 16.3 Å². The summed E-state index contributed by atoms with van der Waals surface area (Å²) in [5, 5.41) is 9.47. The summed E-state index contributed by atoms with van der Waals surface area (Å²) in [4.78, 5) is 0.0763.